The van der Waals surface area contributed by atoms with E-state index in [9.17, 15) is 0 Å². The zero-order valence-corrected chi connectivity index (χ0v) is 10.8. The number of nitrogens with zero attached hydrogens (tertiary/aromatic N) is 1. The highest BCUT2D eigenvalue weighted by atomic mass is 32.1. The summed E-state index contributed by atoms with van der Waals surface area (Å²) in [5.74, 6) is 0. The van der Waals surface area contributed by atoms with Crippen LogP contribution in [-0.2, 0) is 4.74 Å². The lowest BCUT2D eigenvalue weighted by Crippen LogP contribution is -3.12. The summed E-state index contributed by atoms with van der Waals surface area (Å²) in [6.07, 6.45) is 2.73. The zero-order valence-electron chi connectivity index (χ0n) is 10.00. The van der Waals surface area contributed by atoms with Gasteiger partial charge in [-0.3, -0.25) is 0 Å². The average Bonchev–Trinajstić information content (AvgIpc) is 2.80. The van der Waals surface area contributed by atoms with Crippen molar-refractivity contribution in [3.05, 3.63) is 0 Å². The Morgan fingerprint density at radius 1 is 1.50 bits per heavy atom. The van der Waals surface area contributed by atoms with Crippen LogP contribution in [0.3, 0.4) is 0 Å². The van der Waals surface area contributed by atoms with E-state index in [4.69, 9.17) is 17.0 Å². The van der Waals surface area contributed by atoms with Gasteiger partial charge in [0.05, 0.1) is 39.3 Å². The third kappa shape index (κ3) is 3.30. The van der Waals surface area contributed by atoms with Gasteiger partial charge in [0.25, 0.3) is 0 Å². The van der Waals surface area contributed by atoms with Crippen molar-refractivity contribution < 1.29 is 9.64 Å². The van der Waals surface area contributed by atoms with Crippen molar-refractivity contribution in [2.45, 2.75) is 18.9 Å². The first kappa shape index (κ1) is 12.1. The second-order valence-electron chi connectivity index (χ2n) is 4.77. The van der Waals surface area contributed by atoms with Gasteiger partial charge in [-0.25, -0.2) is 0 Å². The molecule has 5 heteroatoms. The zero-order chi connectivity index (χ0) is 11.4. The van der Waals surface area contributed by atoms with E-state index < -0.39 is 0 Å². The molecule has 1 atom stereocenters. The average molecular weight is 244 g/mol. The summed E-state index contributed by atoms with van der Waals surface area (Å²) in [7, 11) is 2.24. The summed E-state index contributed by atoms with van der Waals surface area (Å²) >= 11 is 5.40. The summed E-state index contributed by atoms with van der Waals surface area (Å²) in [5, 5.41) is 4.24. The molecular weight excluding hydrogens is 222 g/mol. The summed E-state index contributed by atoms with van der Waals surface area (Å²) < 4.78 is 5.56. The van der Waals surface area contributed by atoms with Crippen LogP contribution in [0.4, 0.5) is 0 Å². The fraction of sp³-hybridized carbons (Fsp3) is 0.909. The van der Waals surface area contributed by atoms with Crippen LogP contribution in [0.2, 0.25) is 0 Å². The lowest BCUT2D eigenvalue weighted by molar-refractivity contribution is -0.883. The molecule has 0 amide bonds. The van der Waals surface area contributed by atoms with Gasteiger partial charge in [0.15, 0.2) is 5.11 Å². The molecule has 2 fully saturated rings. The molecule has 0 aliphatic carbocycles. The maximum atomic E-state index is 5.56. The van der Waals surface area contributed by atoms with Gasteiger partial charge in [-0.15, -0.1) is 0 Å². The van der Waals surface area contributed by atoms with Gasteiger partial charge in [0.2, 0.25) is 0 Å². The number of hydrogen-bond acceptors (Lipinski definition) is 2. The third-order valence-corrected chi connectivity index (χ3v) is 3.81. The van der Waals surface area contributed by atoms with Gasteiger partial charge in [0.1, 0.15) is 0 Å². The van der Waals surface area contributed by atoms with Crippen molar-refractivity contribution >= 4 is 17.3 Å². The van der Waals surface area contributed by atoms with Gasteiger partial charge in [0, 0.05) is 13.2 Å². The maximum absolute atomic E-state index is 5.56. The van der Waals surface area contributed by atoms with E-state index in [2.05, 4.69) is 17.3 Å². The summed E-state index contributed by atoms with van der Waals surface area (Å²) in [6.45, 7) is 6.30. The molecule has 0 aromatic rings. The standard InChI is InChI=1S/C11H21N3OS/c1-13-4-6-14(7-5-13)11(16)12-9-10-3-2-8-15-10/h10H,2-9H2,1H3,(H,12,16)/p+1/t10-/m1/s1. The summed E-state index contributed by atoms with van der Waals surface area (Å²) in [6, 6.07) is 0. The molecule has 0 spiro atoms. The molecule has 92 valence electrons. The highest BCUT2D eigenvalue weighted by Crippen LogP contribution is 2.10. The Morgan fingerprint density at radius 3 is 2.88 bits per heavy atom. The predicted molar refractivity (Wildman–Crippen MR) is 67.8 cm³/mol. The number of hydrogen-bond donors (Lipinski definition) is 2. The van der Waals surface area contributed by atoms with Crippen molar-refractivity contribution in [3.63, 3.8) is 0 Å². The molecule has 0 unspecified atom stereocenters. The largest absolute Gasteiger partial charge is 0.376 e. The van der Waals surface area contributed by atoms with Crippen LogP contribution in [0.25, 0.3) is 0 Å². The third-order valence-electron chi connectivity index (χ3n) is 3.41. The molecule has 2 aliphatic heterocycles. The maximum Gasteiger partial charge on any atom is 0.169 e. The Labute approximate surface area is 103 Å². The minimum absolute atomic E-state index is 0.371. The number of thiocarbonyl (C=S) groups is 1. The molecule has 16 heavy (non-hydrogen) atoms. The number of ether oxygens (including phenoxy) is 1. The van der Waals surface area contributed by atoms with E-state index in [1.54, 1.807) is 4.90 Å². The predicted octanol–water partition coefficient (Wildman–Crippen LogP) is -1.13. The van der Waals surface area contributed by atoms with Crippen LogP contribution >= 0.6 is 12.2 Å². The van der Waals surface area contributed by atoms with Gasteiger partial charge in [-0.2, -0.15) is 0 Å². The van der Waals surface area contributed by atoms with Crippen LogP contribution in [0.5, 0.6) is 0 Å². The van der Waals surface area contributed by atoms with Gasteiger partial charge >= 0.3 is 0 Å². The monoisotopic (exact) mass is 244 g/mol. The minimum atomic E-state index is 0.371. The topological polar surface area (TPSA) is 28.9 Å². The van der Waals surface area contributed by atoms with Crippen molar-refractivity contribution in [1.29, 1.82) is 0 Å². The minimum Gasteiger partial charge on any atom is -0.376 e. The number of rotatable bonds is 2. The molecule has 4 nitrogen and oxygen atoms in total. The van der Waals surface area contributed by atoms with E-state index in [0.717, 1.165) is 31.4 Å². The molecule has 0 radical (unpaired) electrons. The number of nitrogens with one attached hydrogen (secondary N) is 2. The Balaban J connectivity index is 1.67. The van der Waals surface area contributed by atoms with Crippen LogP contribution in [0, 0.1) is 0 Å². The van der Waals surface area contributed by atoms with Crippen molar-refractivity contribution in [1.82, 2.24) is 10.2 Å². The highest BCUT2D eigenvalue weighted by molar-refractivity contribution is 7.80. The molecule has 2 N–H and O–H groups in total. The number of piperazine rings is 1. The Morgan fingerprint density at radius 2 is 2.25 bits per heavy atom. The van der Waals surface area contributed by atoms with Crippen LogP contribution in [0.1, 0.15) is 12.8 Å². The van der Waals surface area contributed by atoms with E-state index >= 15 is 0 Å². The van der Waals surface area contributed by atoms with E-state index in [0.29, 0.717) is 6.10 Å². The lowest BCUT2D eigenvalue weighted by atomic mass is 10.2. The summed E-state index contributed by atoms with van der Waals surface area (Å²) in [5.41, 5.74) is 0. The molecular formula is C11H22N3OS+. The second kappa shape index (κ2) is 5.80. The smallest absolute Gasteiger partial charge is 0.169 e. The van der Waals surface area contributed by atoms with Gasteiger partial charge < -0.3 is 19.9 Å². The van der Waals surface area contributed by atoms with Crippen LogP contribution in [0.15, 0.2) is 0 Å². The van der Waals surface area contributed by atoms with Crippen molar-refractivity contribution in [2.75, 3.05) is 46.4 Å². The van der Waals surface area contributed by atoms with Crippen LogP contribution < -0.4 is 10.2 Å². The van der Waals surface area contributed by atoms with Crippen molar-refractivity contribution in [2.24, 2.45) is 0 Å². The Hall–Kier alpha value is -0.390. The summed E-state index contributed by atoms with van der Waals surface area (Å²) in [4.78, 5) is 3.87. The van der Waals surface area contributed by atoms with Gasteiger partial charge in [-0.1, -0.05) is 0 Å². The lowest BCUT2D eigenvalue weighted by Gasteiger charge is -2.32. The van der Waals surface area contributed by atoms with E-state index in [1.807, 2.05) is 0 Å². The molecule has 2 aliphatic rings. The molecule has 2 rings (SSSR count). The molecule has 0 bridgehead atoms. The van der Waals surface area contributed by atoms with Crippen LogP contribution in [-0.4, -0.2) is 62.5 Å². The Bertz CT molecular complexity index is 235. The fourth-order valence-electron chi connectivity index (χ4n) is 2.21. The first-order valence-corrected chi connectivity index (χ1v) is 6.62. The first-order chi connectivity index (χ1) is 7.75. The van der Waals surface area contributed by atoms with E-state index in [1.165, 1.54) is 25.9 Å². The normalized spacial score (nSPS) is 27.1. The number of quaternary nitrogens is 1. The molecule has 2 saturated heterocycles. The fourth-order valence-corrected chi connectivity index (χ4v) is 2.48. The number of likely N-dealkylation sites (N-methyl/N-ethyl adjacent to an activating group) is 1. The Kier molecular flexibility index (Phi) is 4.37. The van der Waals surface area contributed by atoms with E-state index in [-0.39, 0.29) is 0 Å². The molecule has 0 aromatic carbocycles. The first-order valence-electron chi connectivity index (χ1n) is 6.21. The molecule has 0 saturated carbocycles. The van der Waals surface area contributed by atoms with Crippen molar-refractivity contribution in [3.8, 4) is 0 Å². The second-order valence-corrected chi connectivity index (χ2v) is 5.15. The molecule has 0 aromatic heterocycles. The highest BCUT2D eigenvalue weighted by Gasteiger charge is 2.20. The quantitative estimate of drug-likeness (QED) is 0.602. The molecule has 2 heterocycles. The van der Waals surface area contributed by atoms with Gasteiger partial charge in [-0.05, 0) is 25.1 Å². The SMILES string of the molecule is C[NH+]1CCN(C(=S)NC[C@H]2CCCO2)CC1.